The van der Waals surface area contributed by atoms with Gasteiger partial charge in [0, 0.05) is 5.75 Å². The zero-order valence-electron chi connectivity index (χ0n) is 12.1. The van der Waals surface area contributed by atoms with E-state index in [0.29, 0.717) is 5.75 Å². The second kappa shape index (κ2) is 5.10. The van der Waals surface area contributed by atoms with Crippen molar-refractivity contribution in [1.29, 1.82) is 0 Å². The molecule has 0 radical (unpaired) electrons. The molecule has 1 N–H and O–H groups in total. The van der Waals surface area contributed by atoms with E-state index in [9.17, 15) is 4.79 Å². The van der Waals surface area contributed by atoms with Gasteiger partial charge in [-0.1, -0.05) is 26.8 Å². The zero-order chi connectivity index (χ0) is 15.2. The molecule has 21 heavy (non-hydrogen) atoms. The molecule has 0 unspecified atom stereocenters. The van der Waals surface area contributed by atoms with Gasteiger partial charge in [-0.2, -0.15) is 0 Å². The molecule has 0 fully saturated rings. The van der Waals surface area contributed by atoms with Crippen LogP contribution in [0, 0.1) is 0 Å². The molecule has 0 spiro atoms. The number of aliphatic carboxylic acids is 1. The van der Waals surface area contributed by atoms with E-state index in [-0.39, 0.29) is 5.41 Å². The van der Waals surface area contributed by atoms with Crippen LogP contribution in [0.25, 0.3) is 10.2 Å². The summed E-state index contributed by atoms with van der Waals surface area (Å²) >= 11 is 3.06. The summed E-state index contributed by atoms with van der Waals surface area (Å²) in [4.78, 5) is 19.8. The Hall–Kier alpha value is -1.40. The quantitative estimate of drug-likeness (QED) is 0.919. The van der Waals surface area contributed by atoms with Crippen molar-refractivity contribution in [3.63, 3.8) is 0 Å². The van der Waals surface area contributed by atoms with Crippen LogP contribution in [0.15, 0.2) is 23.2 Å². The van der Waals surface area contributed by atoms with Crippen LogP contribution in [-0.2, 0) is 10.2 Å². The van der Waals surface area contributed by atoms with Crippen molar-refractivity contribution in [1.82, 2.24) is 4.98 Å². The predicted octanol–water partition coefficient (Wildman–Crippen LogP) is 3.54. The first-order valence-corrected chi connectivity index (χ1v) is 8.49. The first-order valence-electron chi connectivity index (χ1n) is 6.69. The Bertz CT molecular complexity index is 744. The van der Waals surface area contributed by atoms with E-state index in [2.05, 4.69) is 42.9 Å². The highest BCUT2D eigenvalue weighted by atomic mass is 32.2. The molecule has 1 aromatic carbocycles. The fourth-order valence-electron chi connectivity index (χ4n) is 2.10. The molecule has 110 valence electrons. The van der Waals surface area contributed by atoms with Gasteiger partial charge in [-0.05, 0) is 23.1 Å². The molecule has 1 aliphatic rings. The molecule has 1 aliphatic heterocycles. The minimum absolute atomic E-state index is 0.104. The molecule has 0 amide bonds. The fourth-order valence-corrected chi connectivity index (χ4v) is 4.20. The zero-order valence-corrected chi connectivity index (χ0v) is 13.7. The number of hydrogen-bond donors (Lipinski definition) is 1. The fraction of sp³-hybridized carbons (Fsp3) is 0.400. The van der Waals surface area contributed by atoms with Crippen LogP contribution in [0.1, 0.15) is 31.3 Å². The van der Waals surface area contributed by atoms with Gasteiger partial charge in [-0.3, -0.25) is 4.99 Å². The van der Waals surface area contributed by atoms with Gasteiger partial charge < -0.3 is 5.11 Å². The third-order valence-corrected chi connectivity index (χ3v) is 5.58. The summed E-state index contributed by atoms with van der Waals surface area (Å²) in [5.41, 5.74) is 2.33. The van der Waals surface area contributed by atoms with E-state index in [1.165, 1.54) is 17.3 Å². The Morgan fingerprint density at radius 1 is 1.38 bits per heavy atom. The van der Waals surface area contributed by atoms with Crippen LogP contribution in [-0.4, -0.2) is 32.9 Å². The van der Waals surface area contributed by atoms with Crippen molar-refractivity contribution in [2.24, 2.45) is 4.99 Å². The Kier molecular flexibility index (Phi) is 3.53. The average Bonchev–Trinajstić information content (AvgIpc) is 3.03. The number of hydrogen-bond acceptors (Lipinski definition) is 5. The van der Waals surface area contributed by atoms with Gasteiger partial charge in [-0.25, -0.2) is 9.78 Å². The third kappa shape index (κ3) is 2.82. The monoisotopic (exact) mass is 320 g/mol. The third-order valence-electron chi connectivity index (χ3n) is 3.37. The lowest BCUT2D eigenvalue weighted by Gasteiger charge is -2.18. The normalized spacial score (nSPS) is 19.0. The smallest absolute Gasteiger partial charge is 0.329 e. The molecule has 2 aromatic rings. The summed E-state index contributed by atoms with van der Waals surface area (Å²) in [6.07, 6.45) is 0. The molecular formula is C15H16N2O2S2. The first kappa shape index (κ1) is 14.5. The van der Waals surface area contributed by atoms with Gasteiger partial charge >= 0.3 is 5.97 Å². The molecule has 2 heterocycles. The van der Waals surface area contributed by atoms with Gasteiger partial charge in [0.15, 0.2) is 6.04 Å². The molecule has 4 nitrogen and oxygen atoms in total. The van der Waals surface area contributed by atoms with Crippen molar-refractivity contribution in [2.45, 2.75) is 32.2 Å². The maximum absolute atomic E-state index is 11.0. The van der Waals surface area contributed by atoms with Gasteiger partial charge in [0.2, 0.25) is 0 Å². The number of thiazole rings is 1. The highest BCUT2D eigenvalue weighted by molar-refractivity contribution is 8.15. The lowest BCUT2D eigenvalue weighted by molar-refractivity contribution is -0.137. The predicted molar refractivity (Wildman–Crippen MR) is 88.7 cm³/mol. The number of carboxylic acids is 1. The summed E-state index contributed by atoms with van der Waals surface area (Å²) in [5, 5.41) is 10.6. The second-order valence-corrected chi connectivity index (χ2v) is 8.09. The van der Waals surface area contributed by atoms with Crippen molar-refractivity contribution in [3.05, 3.63) is 28.8 Å². The van der Waals surface area contributed by atoms with E-state index < -0.39 is 12.0 Å². The van der Waals surface area contributed by atoms with Gasteiger partial charge in [0.1, 0.15) is 10.1 Å². The molecule has 1 aromatic heterocycles. The summed E-state index contributed by atoms with van der Waals surface area (Å²) in [7, 11) is 0. The summed E-state index contributed by atoms with van der Waals surface area (Å²) in [6.45, 7) is 6.55. The molecule has 0 saturated carbocycles. The number of fused-ring (bicyclic) bond motifs is 1. The van der Waals surface area contributed by atoms with Crippen molar-refractivity contribution in [3.8, 4) is 0 Å². The summed E-state index contributed by atoms with van der Waals surface area (Å²) < 4.78 is 1.12. The topological polar surface area (TPSA) is 62.5 Å². The number of aromatic nitrogens is 1. The van der Waals surface area contributed by atoms with Crippen LogP contribution in [0.5, 0.6) is 0 Å². The largest absolute Gasteiger partial charge is 0.480 e. The maximum atomic E-state index is 11.0. The summed E-state index contributed by atoms with van der Waals surface area (Å²) in [5.74, 6) is -0.373. The van der Waals surface area contributed by atoms with Gasteiger partial charge in [-0.15, -0.1) is 23.1 Å². The van der Waals surface area contributed by atoms with Gasteiger partial charge in [0.25, 0.3) is 0 Å². The number of nitrogens with zero attached hydrogens (tertiary/aromatic N) is 2. The number of benzene rings is 1. The lowest BCUT2D eigenvalue weighted by atomic mass is 9.87. The average molecular weight is 320 g/mol. The Morgan fingerprint density at radius 2 is 2.14 bits per heavy atom. The number of thioether (sulfide) groups is 1. The SMILES string of the molecule is CC(C)(C)c1ccc2nc(C3=N[C@@H](C(=O)O)CS3)sc2c1. The van der Waals surface area contributed by atoms with E-state index in [0.717, 1.165) is 20.3 Å². The molecule has 1 atom stereocenters. The number of carboxylic acid groups (broad SMARTS) is 1. The molecule has 3 rings (SSSR count). The van der Waals surface area contributed by atoms with Crippen LogP contribution in [0.2, 0.25) is 0 Å². The lowest BCUT2D eigenvalue weighted by Crippen LogP contribution is -2.17. The van der Waals surface area contributed by atoms with Crippen LogP contribution >= 0.6 is 23.1 Å². The standard InChI is InChI=1S/C15H16N2O2S2/c1-15(2,3)8-4-5-9-11(6-8)21-13(16-9)12-17-10(7-20-12)14(18)19/h4-6,10H,7H2,1-3H3,(H,18,19)/t10-/m1/s1. The van der Waals surface area contributed by atoms with E-state index in [4.69, 9.17) is 5.11 Å². The molecule has 0 aliphatic carbocycles. The molecule has 0 bridgehead atoms. The second-order valence-electron chi connectivity index (χ2n) is 6.05. The minimum atomic E-state index is -0.867. The highest BCUT2D eigenvalue weighted by Gasteiger charge is 2.27. The maximum Gasteiger partial charge on any atom is 0.329 e. The van der Waals surface area contributed by atoms with E-state index in [1.54, 1.807) is 11.3 Å². The Labute approximate surface area is 131 Å². The van der Waals surface area contributed by atoms with Crippen LogP contribution in [0.3, 0.4) is 0 Å². The number of rotatable bonds is 2. The van der Waals surface area contributed by atoms with Gasteiger partial charge in [0.05, 0.1) is 10.2 Å². The van der Waals surface area contributed by atoms with Crippen molar-refractivity contribution < 1.29 is 9.90 Å². The van der Waals surface area contributed by atoms with Crippen LogP contribution < -0.4 is 0 Å². The van der Waals surface area contributed by atoms with Crippen LogP contribution in [0.4, 0.5) is 0 Å². The number of carbonyl (C=O) groups is 1. The Balaban J connectivity index is 1.99. The minimum Gasteiger partial charge on any atom is -0.480 e. The Morgan fingerprint density at radius 3 is 2.76 bits per heavy atom. The van der Waals surface area contributed by atoms with E-state index in [1.807, 2.05) is 6.07 Å². The molecule has 0 saturated heterocycles. The number of aliphatic imine (C=N–C) groups is 1. The van der Waals surface area contributed by atoms with E-state index >= 15 is 0 Å². The highest BCUT2D eigenvalue weighted by Crippen LogP contribution is 2.32. The molecule has 6 heteroatoms. The molecular weight excluding hydrogens is 304 g/mol. The van der Waals surface area contributed by atoms with Crippen molar-refractivity contribution in [2.75, 3.05) is 5.75 Å². The van der Waals surface area contributed by atoms with Crippen molar-refractivity contribution >= 4 is 44.3 Å². The first-order chi connectivity index (χ1) is 9.84. The summed E-state index contributed by atoms with van der Waals surface area (Å²) in [6, 6.07) is 5.67.